The summed E-state index contributed by atoms with van der Waals surface area (Å²) in [5, 5.41) is 18.3. The molecule has 0 spiro atoms. The van der Waals surface area contributed by atoms with Crippen LogP contribution in [-0.2, 0) is 6.42 Å². The summed E-state index contributed by atoms with van der Waals surface area (Å²) in [7, 11) is 0. The molecule has 0 radical (unpaired) electrons. The Hall–Kier alpha value is -2.07. The number of nitrogens with zero attached hydrogens (tertiary/aromatic N) is 3. The zero-order chi connectivity index (χ0) is 14.8. The molecular formula is C16H16ClN3O. The molecular weight excluding hydrogens is 286 g/mol. The van der Waals surface area contributed by atoms with E-state index in [-0.39, 0.29) is 0 Å². The average Bonchev–Trinajstić information content (AvgIpc) is 2.85. The number of benzene rings is 2. The summed E-state index contributed by atoms with van der Waals surface area (Å²) in [4.78, 5) is 0.608. The zero-order valence-electron chi connectivity index (χ0n) is 11.8. The second kappa shape index (κ2) is 5.74. The van der Waals surface area contributed by atoms with Crippen LogP contribution >= 0.6 is 11.6 Å². The van der Waals surface area contributed by atoms with Crippen molar-refractivity contribution in [3.8, 4) is 11.1 Å². The minimum absolute atomic E-state index is 0.608. The van der Waals surface area contributed by atoms with Crippen LogP contribution in [0, 0.1) is 0 Å². The summed E-state index contributed by atoms with van der Waals surface area (Å²) >= 11 is 6.61. The Morgan fingerprint density at radius 3 is 2.67 bits per heavy atom. The van der Waals surface area contributed by atoms with E-state index in [9.17, 15) is 5.21 Å². The zero-order valence-corrected chi connectivity index (χ0v) is 12.5. The third-order valence-corrected chi connectivity index (χ3v) is 3.97. The molecule has 3 aromatic rings. The molecule has 0 unspecified atom stereocenters. The van der Waals surface area contributed by atoms with Gasteiger partial charge in [0.1, 0.15) is 11.0 Å². The highest BCUT2D eigenvalue weighted by molar-refractivity contribution is 6.35. The fourth-order valence-electron chi connectivity index (χ4n) is 2.49. The Labute approximate surface area is 127 Å². The Kier molecular flexibility index (Phi) is 3.80. The van der Waals surface area contributed by atoms with Gasteiger partial charge in [-0.05, 0) is 35.0 Å². The fraction of sp³-hybridized carbons (Fsp3) is 0.250. The lowest BCUT2D eigenvalue weighted by molar-refractivity contribution is 0.113. The Morgan fingerprint density at radius 2 is 1.95 bits per heavy atom. The minimum atomic E-state index is 0.608. The first-order chi connectivity index (χ1) is 10.2. The van der Waals surface area contributed by atoms with Crippen LogP contribution in [0.1, 0.15) is 25.3 Å². The van der Waals surface area contributed by atoms with Crippen LogP contribution in [0.5, 0.6) is 0 Å². The highest BCUT2D eigenvalue weighted by Crippen LogP contribution is 2.36. The lowest BCUT2D eigenvalue weighted by atomic mass is 9.98. The number of rotatable bonds is 4. The van der Waals surface area contributed by atoms with Gasteiger partial charge in [0, 0.05) is 5.56 Å². The Morgan fingerprint density at radius 1 is 1.19 bits per heavy atom. The standard InChI is InChI=1S/C16H16ClN3O/c1-2-3-7-12-10-13-16(19-20(21)18-13)14(15(12)17)11-8-5-4-6-9-11/h4-6,8-10,21H,2-3,7H2,1H3. The van der Waals surface area contributed by atoms with Gasteiger partial charge in [-0.1, -0.05) is 55.3 Å². The van der Waals surface area contributed by atoms with E-state index in [0.29, 0.717) is 21.0 Å². The van der Waals surface area contributed by atoms with Crippen LogP contribution in [0.3, 0.4) is 0 Å². The van der Waals surface area contributed by atoms with Crippen LogP contribution < -0.4 is 0 Å². The van der Waals surface area contributed by atoms with Gasteiger partial charge in [0.2, 0.25) is 0 Å². The van der Waals surface area contributed by atoms with Gasteiger partial charge in [-0.15, -0.1) is 10.2 Å². The van der Waals surface area contributed by atoms with Crippen LogP contribution in [0.4, 0.5) is 0 Å². The van der Waals surface area contributed by atoms with Gasteiger partial charge in [0.05, 0.1) is 5.02 Å². The van der Waals surface area contributed by atoms with E-state index in [1.807, 2.05) is 36.4 Å². The van der Waals surface area contributed by atoms with Gasteiger partial charge < -0.3 is 5.21 Å². The molecule has 1 aromatic heterocycles. The number of halogens is 1. The van der Waals surface area contributed by atoms with Gasteiger partial charge in [0.25, 0.3) is 0 Å². The predicted octanol–water partition coefficient (Wildman–Crippen LogP) is 4.33. The van der Waals surface area contributed by atoms with Crippen molar-refractivity contribution < 1.29 is 5.21 Å². The van der Waals surface area contributed by atoms with Gasteiger partial charge >= 0.3 is 0 Å². The molecule has 0 saturated carbocycles. The summed E-state index contributed by atoms with van der Waals surface area (Å²) in [5.74, 6) is 0. The predicted molar refractivity (Wildman–Crippen MR) is 83.8 cm³/mol. The van der Waals surface area contributed by atoms with Crippen molar-refractivity contribution >= 4 is 22.6 Å². The SMILES string of the molecule is CCCCc1cc2nn(O)nc2c(-c2ccccc2)c1Cl. The van der Waals surface area contributed by atoms with E-state index in [1.54, 1.807) is 0 Å². The monoisotopic (exact) mass is 301 g/mol. The molecule has 0 saturated heterocycles. The number of aryl methyl sites for hydroxylation is 1. The number of aromatic nitrogens is 3. The lowest BCUT2D eigenvalue weighted by Crippen LogP contribution is -1.93. The van der Waals surface area contributed by atoms with Crippen LogP contribution in [0.15, 0.2) is 36.4 Å². The molecule has 1 heterocycles. The Balaban J connectivity index is 2.26. The molecule has 2 aromatic carbocycles. The smallest absolute Gasteiger partial charge is 0.126 e. The van der Waals surface area contributed by atoms with Gasteiger partial charge in [-0.2, -0.15) is 0 Å². The molecule has 0 atom stereocenters. The molecule has 21 heavy (non-hydrogen) atoms. The molecule has 1 N–H and O–H groups in total. The first kappa shape index (κ1) is 13.9. The Bertz CT molecular complexity index is 768. The van der Waals surface area contributed by atoms with E-state index in [2.05, 4.69) is 17.1 Å². The molecule has 5 heteroatoms. The maximum absolute atomic E-state index is 9.54. The van der Waals surface area contributed by atoms with Crippen molar-refractivity contribution in [2.75, 3.05) is 0 Å². The summed E-state index contributed by atoms with van der Waals surface area (Å²) in [6.07, 6.45) is 3.05. The maximum atomic E-state index is 9.54. The van der Waals surface area contributed by atoms with E-state index >= 15 is 0 Å². The molecule has 0 amide bonds. The number of unbranched alkanes of at least 4 members (excludes halogenated alkanes) is 1. The summed E-state index contributed by atoms with van der Waals surface area (Å²) < 4.78 is 0. The minimum Gasteiger partial charge on any atom is -0.396 e. The third-order valence-electron chi connectivity index (χ3n) is 3.54. The maximum Gasteiger partial charge on any atom is 0.126 e. The fourth-order valence-corrected chi connectivity index (χ4v) is 2.84. The van der Waals surface area contributed by atoms with Gasteiger partial charge in [0.15, 0.2) is 0 Å². The molecule has 0 aliphatic carbocycles. The molecule has 0 aliphatic rings. The second-order valence-corrected chi connectivity index (χ2v) is 5.41. The van der Waals surface area contributed by atoms with E-state index in [1.165, 1.54) is 0 Å². The van der Waals surface area contributed by atoms with Crippen molar-refractivity contribution in [2.45, 2.75) is 26.2 Å². The molecule has 0 bridgehead atoms. The molecule has 4 nitrogen and oxygen atoms in total. The van der Waals surface area contributed by atoms with Crippen LogP contribution in [-0.4, -0.2) is 20.4 Å². The topological polar surface area (TPSA) is 50.9 Å². The molecule has 0 fully saturated rings. The van der Waals surface area contributed by atoms with E-state index in [4.69, 9.17) is 11.6 Å². The largest absolute Gasteiger partial charge is 0.396 e. The van der Waals surface area contributed by atoms with Gasteiger partial charge in [-0.3, -0.25) is 0 Å². The van der Waals surface area contributed by atoms with Crippen molar-refractivity contribution in [1.82, 2.24) is 15.2 Å². The lowest BCUT2D eigenvalue weighted by Gasteiger charge is -2.10. The molecule has 0 aliphatic heterocycles. The van der Waals surface area contributed by atoms with Crippen molar-refractivity contribution in [3.63, 3.8) is 0 Å². The quantitative estimate of drug-likeness (QED) is 0.730. The van der Waals surface area contributed by atoms with Crippen LogP contribution in [0.2, 0.25) is 5.02 Å². The number of hydrogen-bond acceptors (Lipinski definition) is 3. The highest BCUT2D eigenvalue weighted by atomic mass is 35.5. The molecule has 108 valence electrons. The second-order valence-electron chi connectivity index (χ2n) is 5.03. The van der Waals surface area contributed by atoms with Gasteiger partial charge in [-0.25, -0.2) is 0 Å². The van der Waals surface area contributed by atoms with Crippen molar-refractivity contribution in [3.05, 3.63) is 47.0 Å². The van der Waals surface area contributed by atoms with Crippen molar-refractivity contribution in [2.24, 2.45) is 0 Å². The number of hydrogen-bond donors (Lipinski definition) is 1. The van der Waals surface area contributed by atoms with E-state index in [0.717, 1.165) is 36.0 Å². The normalized spacial score (nSPS) is 11.1. The number of fused-ring (bicyclic) bond motifs is 1. The van der Waals surface area contributed by atoms with Crippen molar-refractivity contribution in [1.29, 1.82) is 0 Å². The first-order valence-corrected chi connectivity index (χ1v) is 7.41. The van der Waals surface area contributed by atoms with Crippen LogP contribution in [0.25, 0.3) is 22.2 Å². The third kappa shape index (κ3) is 2.59. The first-order valence-electron chi connectivity index (χ1n) is 7.03. The van der Waals surface area contributed by atoms with E-state index < -0.39 is 0 Å². The summed E-state index contributed by atoms with van der Waals surface area (Å²) in [5.41, 5.74) is 4.14. The molecule has 3 rings (SSSR count). The summed E-state index contributed by atoms with van der Waals surface area (Å²) in [6, 6.07) is 11.8. The average molecular weight is 302 g/mol. The highest BCUT2D eigenvalue weighted by Gasteiger charge is 2.17. The summed E-state index contributed by atoms with van der Waals surface area (Å²) in [6.45, 7) is 2.15.